The van der Waals surface area contributed by atoms with Crippen LogP contribution >= 0.6 is 0 Å². The van der Waals surface area contributed by atoms with Crippen LogP contribution in [0.15, 0.2) is 18.2 Å². The van der Waals surface area contributed by atoms with Crippen LogP contribution < -0.4 is 15.4 Å². The number of carbonyl (C=O) groups excluding carboxylic acids is 2. The zero-order valence-corrected chi connectivity index (χ0v) is 11.2. The first-order valence-corrected chi connectivity index (χ1v) is 6.30. The first kappa shape index (κ1) is 14.0. The molecule has 20 heavy (non-hydrogen) atoms. The van der Waals surface area contributed by atoms with Gasteiger partial charge in [0.15, 0.2) is 11.5 Å². The highest BCUT2D eigenvalue weighted by Gasteiger charge is 2.18. The van der Waals surface area contributed by atoms with E-state index in [4.69, 9.17) is 4.74 Å². The molecule has 0 unspecified atom stereocenters. The minimum absolute atomic E-state index is 0.0159. The van der Waals surface area contributed by atoms with Crippen LogP contribution in [-0.4, -0.2) is 55.2 Å². The molecule has 0 radical (unpaired) electrons. The smallest absolute Gasteiger partial charge is 0.317 e. The first-order valence-electron chi connectivity index (χ1n) is 6.30. The lowest BCUT2D eigenvalue weighted by Crippen LogP contribution is -2.36. The number of hydrogen-bond donors (Lipinski definition) is 3. The summed E-state index contributed by atoms with van der Waals surface area (Å²) in [4.78, 5) is 24.8. The number of ether oxygens (including phenoxy) is 1. The molecule has 0 saturated carbocycles. The Morgan fingerprint density at radius 2 is 2.35 bits per heavy atom. The molecule has 3 N–H and O–H groups in total. The van der Waals surface area contributed by atoms with E-state index in [1.54, 1.807) is 4.90 Å². The summed E-state index contributed by atoms with van der Waals surface area (Å²) in [6.07, 6.45) is 0. The lowest BCUT2D eigenvalue weighted by molar-refractivity contribution is 0.0950. The number of phenolic OH excluding ortho intramolecular Hbond substituents is 1. The van der Waals surface area contributed by atoms with E-state index in [0.29, 0.717) is 31.7 Å². The fraction of sp³-hybridized carbons (Fsp3) is 0.385. The molecule has 7 heteroatoms. The monoisotopic (exact) mass is 279 g/mol. The number of hydrogen-bond acceptors (Lipinski definition) is 4. The van der Waals surface area contributed by atoms with E-state index < -0.39 is 0 Å². The van der Waals surface area contributed by atoms with Gasteiger partial charge in [-0.25, -0.2) is 4.79 Å². The minimum atomic E-state index is -0.275. The van der Waals surface area contributed by atoms with Gasteiger partial charge in [0.25, 0.3) is 5.91 Å². The molecule has 0 aromatic heterocycles. The highest BCUT2D eigenvalue weighted by Crippen LogP contribution is 2.26. The molecule has 108 valence electrons. The number of carbonyl (C=O) groups is 2. The van der Waals surface area contributed by atoms with Crippen LogP contribution in [0.1, 0.15) is 10.4 Å². The van der Waals surface area contributed by atoms with Crippen LogP contribution in [-0.2, 0) is 0 Å². The van der Waals surface area contributed by atoms with Crippen molar-refractivity contribution in [2.75, 3.05) is 33.3 Å². The number of methoxy groups -OCH3 is 1. The third kappa shape index (κ3) is 3.11. The molecule has 2 rings (SSSR count). The van der Waals surface area contributed by atoms with E-state index in [2.05, 4.69) is 10.6 Å². The van der Waals surface area contributed by atoms with E-state index >= 15 is 0 Å². The van der Waals surface area contributed by atoms with Crippen molar-refractivity contribution in [3.63, 3.8) is 0 Å². The van der Waals surface area contributed by atoms with E-state index in [0.717, 1.165) is 0 Å². The van der Waals surface area contributed by atoms with Crippen LogP contribution in [0.5, 0.6) is 11.5 Å². The number of phenols is 1. The molecule has 1 aromatic rings. The molecule has 0 bridgehead atoms. The van der Waals surface area contributed by atoms with Crippen molar-refractivity contribution in [2.45, 2.75) is 0 Å². The number of nitrogens with one attached hydrogen (secondary N) is 2. The Morgan fingerprint density at radius 1 is 1.55 bits per heavy atom. The van der Waals surface area contributed by atoms with Crippen molar-refractivity contribution in [3.05, 3.63) is 23.8 Å². The average Bonchev–Trinajstić information content (AvgIpc) is 2.85. The molecule has 1 aliphatic rings. The number of nitrogens with zero attached hydrogens (tertiary/aromatic N) is 1. The maximum Gasteiger partial charge on any atom is 0.317 e. The van der Waals surface area contributed by atoms with Gasteiger partial charge in [-0.05, 0) is 18.2 Å². The van der Waals surface area contributed by atoms with Gasteiger partial charge in [-0.1, -0.05) is 0 Å². The van der Waals surface area contributed by atoms with Gasteiger partial charge in [0.05, 0.1) is 7.11 Å². The molecule has 0 aliphatic carbocycles. The van der Waals surface area contributed by atoms with E-state index in [1.165, 1.54) is 25.3 Å². The quantitative estimate of drug-likeness (QED) is 0.716. The van der Waals surface area contributed by atoms with Gasteiger partial charge in [-0.2, -0.15) is 0 Å². The second-order valence-corrected chi connectivity index (χ2v) is 4.36. The Labute approximate surface area is 116 Å². The minimum Gasteiger partial charge on any atom is -0.504 e. The number of aromatic hydroxyl groups is 1. The molecule has 1 aliphatic heterocycles. The van der Waals surface area contributed by atoms with Gasteiger partial charge in [0.1, 0.15) is 0 Å². The fourth-order valence-electron chi connectivity index (χ4n) is 1.95. The van der Waals surface area contributed by atoms with Crippen molar-refractivity contribution in [3.8, 4) is 11.5 Å². The molecule has 0 atom stereocenters. The van der Waals surface area contributed by atoms with Gasteiger partial charge in [-0.15, -0.1) is 0 Å². The van der Waals surface area contributed by atoms with Gasteiger partial charge in [0, 0.05) is 31.7 Å². The predicted octanol–water partition coefficient (Wildman–Crippen LogP) is 0.156. The zero-order chi connectivity index (χ0) is 14.5. The van der Waals surface area contributed by atoms with E-state index in [1.807, 2.05) is 0 Å². The maximum atomic E-state index is 11.9. The van der Waals surface area contributed by atoms with E-state index in [-0.39, 0.29) is 23.4 Å². The Morgan fingerprint density at radius 3 is 3.00 bits per heavy atom. The summed E-state index contributed by atoms with van der Waals surface area (Å²) in [5, 5.41) is 14.9. The van der Waals surface area contributed by atoms with Crippen LogP contribution in [0.25, 0.3) is 0 Å². The lowest BCUT2D eigenvalue weighted by atomic mass is 10.2. The second-order valence-electron chi connectivity index (χ2n) is 4.36. The van der Waals surface area contributed by atoms with Crippen LogP contribution in [0.2, 0.25) is 0 Å². The van der Waals surface area contributed by atoms with Gasteiger partial charge >= 0.3 is 6.03 Å². The number of urea groups is 1. The van der Waals surface area contributed by atoms with Gasteiger partial charge in [-0.3, -0.25) is 4.79 Å². The predicted molar refractivity (Wildman–Crippen MR) is 72.0 cm³/mol. The molecule has 1 heterocycles. The van der Waals surface area contributed by atoms with E-state index in [9.17, 15) is 14.7 Å². The molecular formula is C13H17N3O4. The summed E-state index contributed by atoms with van der Waals surface area (Å²) < 4.78 is 4.94. The lowest BCUT2D eigenvalue weighted by Gasteiger charge is -2.14. The summed E-state index contributed by atoms with van der Waals surface area (Å²) >= 11 is 0. The SMILES string of the molecule is COc1cc(C(=O)NCCN2CCNC2=O)ccc1O. The van der Waals surface area contributed by atoms with Crippen LogP contribution in [0.4, 0.5) is 4.79 Å². The Kier molecular flexibility index (Phi) is 4.29. The topological polar surface area (TPSA) is 90.9 Å². The van der Waals surface area contributed by atoms with Crippen molar-refractivity contribution in [1.82, 2.24) is 15.5 Å². The van der Waals surface area contributed by atoms with Crippen molar-refractivity contribution < 1.29 is 19.4 Å². The third-order valence-electron chi connectivity index (χ3n) is 3.05. The fourth-order valence-corrected chi connectivity index (χ4v) is 1.95. The molecule has 1 saturated heterocycles. The number of benzene rings is 1. The molecule has 1 fully saturated rings. The summed E-state index contributed by atoms with van der Waals surface area (Å²) in [5.41, 5.74) is 0.394. The molecule has 1 aromatic carbocycles. The number of rotatable bonds is 5. The Bertz CT molecular complexity index is 518. The van der Waals surface area contributed by atoms with Crippen molar-refractivity contribution >= 4 is 11.9 Å². The van der Waals surface area contributed by atoms with Gasteiger partial charge < -0.3 is 25.4 Å². The highest BCUT2D eigenvalue weighted by molar-refractivity contribution is 5.94. The van der Waals surface area contributed by atoms with Crippen molar-refractivity contribution in [2.24, 2.45) is 0 Å². The summed E-state index contributed by atoms with van der Waals surface area (Å²) in [5.74, 6) is -0.0442. The normalized spacial score (nSPS) is 14.1. The summed E-state index contributed by atoms with van der Waals surface area (Å²) in [6.45, 7) is 2.13. The molecule has 0 spiro atoms. The zero-order valence-electron chi connectivity index (χ0n) is 11.2. The average molecular weight is 279 g/mol. The third-order valence-corrected chi connectivity index (χ3v) is 3.05. The molecule has 3 amide bonds. The van der Waals surface area contributed by atoms with Crippen molar-refractivity contribution in [1.29, 1.82) is 0 Å². The second kappa shape index (κ2) is 6.14. The Hall–Kier alpha value is -2.44. The molecule has 7 nitrogen and oxygen atoms in total. The highest BCUT2D eigenvalue weighted by atomic mass is 16.5. The summed E-state index contributed by atoms with van der Waals surface area (Å²) in [6, 6.07) is 4.27. The largest absolute Gasteiger partial charge is 0.504 e. The maximum absolute atomic E-state index is 11.9. The van der Waals surface area contributed by atoms with Crippen LogP contribution in [0.3, 0.4) is 0 Å². The first-order chi connectivity index (χ1) is 9.61. The van der Waals surface area contributed by atoms with Gasteiger partial charge in [0.2, 0.25) is 0 Å². The number of amides is 3. The van der Waals surface area contributed by atoms with Crippen LogP contribution in [0, 0.1) is 0 Å². The Balaban J connectivity index is 1.87. The standard InChI is InChI=1S/C13H17N3O4/c1-20-11-8-9(2-3-10(11)17)12(18)14-4-6-16-7-5-15-13(16)19/h2-3,8,17H,4-7H2,1H3,(H,14,18)(H,15,19). The summed E-state index contributed by atoms with van der Waals surface area (Å²) in [7, 11) is 1.42. The molecular weight excluding hydrogens is 262 g/mol.